The van der Waals surface area contributed by atoms with Crippen LogP contribution in [0.1, 0.15) is 27.2 Å². The predicted octanol–water partition coefficient (Wildman–Crippen LogP) is 1.76. The molecule has 0 aliphatic rings. The van der Waals surface area contributed by atoms with Crippen molar-refractivity contribution >= 4 is 31.3 Å². The van der Waals surface area contributed by atoms with Gasteiger partial charge in [-0.2, -0.15) is 4.99 Å². The Bertz CT molecular complexity index is 353. The Kier molecular flexibility index (Phi) is 8.05. The maximum Gasteiger partial charge on any atom is 0.407 e. The van der Waals surface area contributed by atoms with E-state index in [0.29, 0.717) is 19.5 Å². The molecule has 1 N–H and O–H groups in total. The molecule has 0 saturated carbocycles. The predicted molar refractivity (Wildman–Crippen MR) is 82.1 cm³/mol. The van der Waals surface area contributed by atoms with Gasteiger partial charge in [-0.15, -0.1) is 0 Å². The monoisotopic (exact) mass is 304 g/mol. The zero-order chi connectivity index (χ0) is 15.8. The topological polar surface area (TPSA) is 74.2 Å². The molecule has 3 amide bonds. The first kappa shape index (κ1) is 18.6. The van der Waals surface area contributed by atoms with Crippen molar-refractivity contribution in [2.24, 2.45) is 4.99 Å². The van der Waals surface area contributed by atoms with Crippen LogP contribution in [0.2, 0.25) is 0 Å². The first-order valence-corrected chi connectivity index (χ1v) is 6.69. The fourth-order valence-corrected chi connectivity index (χ4v) is 1.25. The normalized spacial score (nSPS) is 11.3. The van der Waals surface area contributed by atoms with Gasteiger partial charge in [-0.1, -0.05) is 12.8 Å². The number of nitrogens with zero attached hydrogens (tertiary/aromatic N) is 3. The second-order valence-corrected chi connectivity index (χ2v) is 5.88. The number of nitrogens with one attached hydrogen (secondary N) is 1. The van der Waals surface area contributed by atoms with Crippen molar-refractivity contribution in [3.63, 3.8) is 0 Å². The van der Waals surface area contributed by atoms with Crippen LogP contribution in [0.25, 0.3) is 0 Å². The van der Waals surface area contributed by atoms with Gasteiger partial charge in [0.2, 0.25) is 0 Å². The number of hydrogen-bond donors (Lipinski definition) is 2. The standard InChI is InChI=1S/C12H24N4O3S/c1-12(2,3)19-11(18)13-7-6-8-16(20)10(17)14-9-15(4)5/h9,20H,6-8H2,1-5H3,(H,13,18). The van der Waals surface area contributed by atoms with Crippen molar-refractivity contribution in [1.29, 1.82) is 0 Å². The molecular formula is C12H24N4O3S. The Balaban J connectivity index is 3.85. The highest BCUT2D eigenvalue weighted by molar-refractivity contribution is 7.78. The number of thiol groups is 1. The van der Waals surface area contributed by atoms with E-state index in [4.69, 9.17) is 4.74 Å². The van der Waals surface area contributed by atoms with E-state index in [9.17, 15) is 9.59 Å². The van der Waals surface area contributed by atoms with Crippen LogP contribution in [0.5, 0.6) is 0 Å². The molecule has 7 nitrogen and oxygen atoms in total. The minimum Gasteiger partial charge on any atom is -0.444 e. The molecule has 20 heavy (non-hydrogen) atoms. The van der Waals surface area contributed by atoms with E-state index in [2.05, 4.69) is 23.1 Å². The van der Waals surface area contributed by atoms with E-state index >= 15 is 0 Å². The second-order valence-electron chi connectivity index (χ2n) is 5.40. The van der Waals surface area contributed by atoms with Crippen LogP contribution in [-0.4, -0.2) is 60.5 Å². The van der Waals surface area contributed by atoms with Crippen LogP contribution in [0.3, 0.4) is 0 Å². The van der Waals surface area contributed by atoms with Gasteiger partial charge in [-0.25, -0.2) is 9.59 Å². The average molecular weight is 304 g/mol. The zero-order valence-corrected chi connectivity index (χ0v) is 13.6. The van der Waals surface area contributed by atoms with Crippen LogP contribution in [0, 0.1) is 0 Å². The lowest BCUT2D eigenvalue weighted by molar-refractivity contribution is 0.0527. The van der Waals surface area contributed by atoms with Gasteiger partial charge >= 0.3 is 12.1 Å². The summed E-state index contributed by atoms with van der Waals surface area (Å²) in [4.78, 5) is 28.2. The summed E-state index contributed by atoms with van der Waals surface area (Å²) < 4.78 is 6.27. The summed E-state index contributed by atoms with van der Waals surface area (Å²) in [5.74, 6) is 0. The second kappa shape index (κ2) is 8.68. The number of rotatable bonds is 5. The van der Waals surface area contributed by atoms with E-state index < -0.39 is 17.7 Å². The summed E-state index contributed by atoms with van der Waals surface area (Å²) in [6.07, 6.45) is 1.50. The Hall–Kier alpha value is -1.44. The lowest BCUT2D eigenvalue weighted by atomic mass is 10.2. The minimum atomic E-state index is -0.517. The number of alkyl carbamates (subject to hydrolysis) is 1. The number of hydrogen-bond acceptors (Lipinski definition) is 4. The van der Waals surface area contributed by atoms with Crippen molar-refractivity contribution in [2.45, 2.75) is 32.8 Å². The molecule has 0 atom stereocenters. The fraction of sp³-hybridized carbons (Fsp3) is 0.750. The first-order chi connectivity index (χ1) is 9.11. The van der Waals surface area contributed by atoms with Gasteiger partial charge in [0.1, 0.15) is 5.60 Å². The van der Waals surface area contributed by atoms with E-state index in [-0.39, 0.29) is 0 Å². The van der Waals surface area contributed by atoms with Crippen molar-refractivity contribution in [3.05, 3.63) is 0 Å². The number of ether oxygens (including phenoxy) is 1. The molecule has 0 bridgehead atoms. The highest BCUT2D eigenvalue weighted by Crippen LogP contribution is 2.06. The highest BCUT2D eigenvalue weighted by Gasteiger charge is 2.15. The molecule has 0 aliphatic carbocycles. The Morgan fingerprint density at radius 2 is 1.95 bits per heavy atom. The van der Waals surface area contributed by atoms with E-state index in [1.807, 2.05) is 0 Å². The summed E-state index contributed by atoms with van der Waals surface area (Å²) in [5, 5.41) is 2.60. The SMILES string of the molecule is CN(C)C=NC(=O)N(S)CCCNC(=O)OC(C)(C)C. The summed E-state index contributed by atoms with van der Waals surface area (Å²) in [6.45, 7) is 6.16. The maximum absolute atomic E-state index is 11.5. The van der Waals surface area contributed by atoms with Crippen LogP contribution in [0.15, 0.2) is 4.99 Å². The molecule has 0 aromatic heterocycles. The van der Waals surface area contributed by atoms with Gasteiger partial charge in [0.25, 0.3) is 0 Å². The molecule has 0 unspecified atom stereocenters. The number of carbonyl (C=O) groups excluding carboxylic acids is 2. The maximum atomic E-state index is 11.5. The van der Waals surface area contributed by atoms with Gasteiger partial charge < -0.3 is 15.0 Å². The lowest BCUT2D eigenvalue weighted by Crippen LogP contribution is -2.34. The van der Waals surface area contributed by atoms with Crippen LogP contribution in [-0.2, 0) is 4.74 Å². The molecule has 0 rings (SSSR count). The first-order valence-electron chi connectivity index (χ1n) is 6.29. The Labute approximate surface area is 125 Å². The molecule has 0 radical (unpaired) electrons. The van der Waals surface area contributed by atoms with Crippen LogP contribution >= 0.6 is 12.8 Å². The molecule has 0 saturated heterocycles. The van der Waals surface area contributed by atoms with Gasteiger partial charge in [-0.05, 0) is 27.2 Å². The van der Waals surface area contributed by atoms with Crippen molar-refractivity contribution in [3.8, 4) is 0 Å². The van der Waals surface area contributed by atoms with Crippen molar-refractivity contribution in [1.82, 2.24) is 14.5 Å². The summed E-state index contributed by atoms with van der Waals surface area (Å²) >= 11 is 4.03. The van der Waals surface area contributed by atoms with Gasteiger partial charge in [0, 0.05) is 27.2 Å². The number of aliphatic imine (C=N–C) groups is 1. The van der Waals surface area contributed by atoms with E-state index in [0.717, 1.165) is 0 Å². The fourth-order valence-electron chi connectivity index (χ4n) is 1.06. The number of urea groups is 1. The van der Waals surface area contributed by atoms with Gasteiger partial charge in [0.05, 0.1) is 6.34 Å². The third kappa shape index (κ3) is 10.5. The molecule has 0 aromatic rings. The van der Waals surface area contributed by atoms with Crippen molar-refractivity contribution < 1.29 is 14.3 Å². The molecule has 8 heteroatoms. The molecule has 0 aromatic carbocycles. The quantitative estimate of drug-likeness (QED) is 0.351. The van der Waals surface area contributed by atoms with E-state index in [1.54, 1.807) is 39.8 Å². The minimum absolute atomic E-state index is 0.377. The van der Waals surface area contributed by atoms with Crippen LogP contribution < -0.4 is 5.32 Å². The van der Waals surface area contributed by atoms with Gasteiger partial charge in [-0.3, -0.25) is 4.31 Å². The van der Waals surface area contributed by atoms with Gasteiger partial charge in [0.15, 0.2) is 0 Å². The number of amides is 3. The molecule has 0 spiro atoms. The smallest absolute Gasteiger partial charge is 0.407 e. The zero-order valence-electron chi connectivity index (χ0n) is 12.7. The summed E-state index contributed by atoms with van der Waals surface area (Å²) in [5.41, 5.74) is -0.517. The largest absolute Gasteiger partial charge is 0.444 e. The molecule has 0 heterocycles. The van der Waals surface area contributed by atoms with Crippen molar-refractivity contribution in [2.75, 3.05) is 27.2 Å². The molecule has 116 valence electrons. The molecule has 0 fully saturated rings. The molecular weight excluding hydrogens is 280 g/mol. The third-order valence-electron chi connectivity index (χ3n) is 1.83. The van der Waals surface area contributed by atoms with E-state index in [1.165, 1.54) is 10.6 Å². The lowest BCUT2D eigenvalue weighted by Gasteiger charge is -2.20. The van der Waals surface area contributed by atoms with Crippen LogP contribution in [0.4, 0.5) is 9.59 Å². The highest BCUT2D eigenvalue weighted by atomic mass is 32.1. The Morgan fingerprint density at radius 1 is 1.35 bits per heavy atom. The average Bonchev–Trinajstić information content (AvgIpc) is 2.28. The summed E-state index contributed by atoms with van der Waals surface area (Å²) in [7, 11) is 3.54. The summed E-state index contributed by atoms with van der Waals surface area (Å²) in [6, 6.07) is -0.445. The molecule has 0 aliphatic heterocycles. The Morgan fingerprint density at radius 3 is 2.45 bits per heavy atom. The third-order valence-corrected chi connectivity index (χ3v) is 2.21. The number of carbonyl (C=O) groups is 2.